The van der Waals surface area contributed by atoms with Crippen molar-refractivity contribution in [3.05, 3.63) is 52.6 Å². The number of nitriles is 1. The Hall–Kier alpha value is -2.75. The Labute approximate surface area is 130 Å². The number of alkyl halides is 2. The molecule has 4 nitrogen and oxygen atoms in total. The third kappa shape index (κ3) is 2.27. The fourth-order valence-electron chi connectivity index (χ4n) is 2.93. The van der Waals surface area contributed by atoms with Gasteiger partial charge in [0.05, 0.1) is 5.56 Å². The van der Waals surface area contributed by atoms with Crippen LogP contribution in [0.2, 0.25) is 0 Å². The summed E-state index contributed by atoms with van der Waals surface area (Å²) in [5, 5.41) is 20.7. The van der Waals surface area contributed by atoms with Gasteiger partial charge in [0.1, 0.15) is 11.9 Å². The quantitative estimate of drug-likeness (QED) is 0.645. The van der Waals surface area contributed by atoms with E-state index in [4.69, 9.17) is 10.5 Å². The van der Waals surface area contributed by atoms with Crippen molar-refractivity contribution in [2.24, 2.45) is 5.16 Å². The number of rotatable bonds is 1. The van der Waals surface area contributed by atoms with Gasteiger partial charge in [-0.25, -0.2) is 4.39 Å². The summed E-state index contributed by atoms with van der Waals surface area (Å²) >= 11 is 0. The van der Waals surface area contributed by atoms with Crippen LogP contribution in [0.15, 0.2) is 29.6 Å². The lowest BCUT2D eigenvalue weighted by atomic mass is 9.90. The van der Waals surface area contributed by atoms with Crippen molar-refractivity contribution in [1.82, 2.24) is 4.57 Å². The molecule has 0 radical (unpaired) electrons. The van der Waals surface area contributed by atoms with E-state index < -0.39 is 23.9 Å². The third-order valence-electron chi connectivity index (χ3n) is 4.00. The van der Waals surface area contributed by atoms with Gasteiger partial charge < -0.3 is 9.77 Å². The standard InChI is InChI=1S/C16H12F3N3O/c1-9-8-22(11-2-3-12(17)10(6-11)7-20)13-4-5-16(18,19)15(21-23)14(9)13/h2-3,6,8,23H,4-5H2,1H3/b21-15-. The van der Waals surface area contributed by atoms with E-state index in [-0.39, 0.29) is 17.5 Å². The predicted molar refractivity (Wildman–Crippen MR) is 76.8 cm³/mol. The summed E-state index contributed by atoms with van der Waals surface area (Å²) < 4.78 is 42.9. The zero-order valence-corrected chi connectivity index (χ0v) is 12.1. The average Bonchev–Trinajstić information content (AvgIpc) is 2.84. The van der Waals surface area contributed by atoms with Gasteiger partial charge in [-0.1, -0.05) is 5.16 Å². The number of aromatic nitrogens is 1. The van der Waals surface area contributed by atoms with Gasteiger partial charge >= 0.3 is 0 Å². The first-order valence-electron chi connectivity index (χ1n) is 6.90. The van der Waals surface area contributed by atoms with Gasteiger partial charge in [0.2, 0.25) is 0 Å². The fraction of sp³-hybridized carbons (Fsp3) is 0.250. The van der Waals surface area contributed by atoms with Gasteiger partial charge in [0, 0.05) is 29.6 Å². The Balaban J connectivity index is 2.21. The summed E-state index contributed by atoms with van der Waals surface area (Å²) in [7, 11) is 0. The molecule has 1 aliphatic rings. The van der Waals surface area contributed by atoms with Crippen molar-refractivity contribution in [3.8, 4) is 11.8 Å². The molecule has 3 rings (SSSR count). The summed E-state index contributed by atoms with van der Waals surface area (Å²) in [5.74, 6) is -3.84. The van der Waals surface area contributed by atoms with Gasteiger partial charge in [-0.3, -0.25) is 0 Å². The molecular weight excluding hydrogens is 307 g/mol. The zero-order valence-electron chi connectivity index (χ0n) is 12.1. The van der Waals surface area contributed by atoms with Crippen molar-refractivity contribution in [3.63, 3.8) is 0 Å². The van der Waals surface area contributed by atoms with E-state index >= 15 is 0 Å². The van der Waals surface area contributed by atoms with Gasteiger partial charge in [-0.05, 0) is 37.1 Å². The highest BCUT2D eigenvalue weighted by molar-refractivity contribution is 6.08. The molecule has 23 heavy (non-hydrogen) atoms. The molecule has 0 spiro atoms. The van der Waals surface area contributed by atoms with Gasteiger partial charge in [-0.2, -0.15) is 14.0 Å². The van der Waals surface area contributed by atoms with E-state index in [1.54, 1.807) is 23.8 Å². The molecule has 0 aliphatic heterocycles. The Bertz CT molecular complexity index is 862. The monoisotopic (exact) mass is 319 g/mol. The normalized spacial score (nSPS) is 17.8. The second-order valence-electron chi connectivity index (χ2n) is 5.43. The zero-order chi connectivity index (χ0) is 16.8. The van der Waals surface area contributed by atoms with Crippen LogP contribution in [0.5, 0.6) is 0 Å². The topological polar surface area (TPSA) is 61.3 Å². The minimum atomic E-state index is -3.20. The van der Waals surface area contributed by atoms with Crippen LogP contribution in [0.4, 0.5) is 13.2 Å². The van der Waals surface area contributed by atoms with Crippen molar-refractivity contribution in [1.29, 1.82) is 5.26 Å². The SMILES string of the molecule is Cc1cn(-c2ccc(F)c(C#N)c2)c2c1/C(=N/O)C(F)(F)CC2. The van der Waals surface area contributed by atoms with Crippen LogP contribution >= 0.6 is 0 Å². The molecule has 1 N–H and O–H groups in total. The van der Waals surface area contributed by atoms with Crippen LogP contribution in [0.25, 0.3) is 5.69 Å². The van der Waals surface area contributed by atoms with E-state index in [1.807, 2.05) is 0 Å². The van der Waals surface area contributed by atoms with Crippen molar-refractivity contribution < 1.29 is 18.4 Å². The third-order valence-corrected chi connectivity index (χ3v) is 4.00. The van der Waals surface area contributed by atoms with Gasteiger partial charge in [0.25, 0.3) is 5.92 Å². The first-order chi connectivity index (χ1) is 10.9. The molecular formula is C16H12F3N3O. The molecule has 1 aromatic heterocycles. The van der Waals surface area contributed by atoms with E-state index in [9.17, 15) is 13.2 Å². The lowest BCUT2D eigenvalue weighted by molar-refractivity contribution is 0.0617. The largest absolute Gasteiger partial charge is 0.410 e. The lowest BCUT2D eigenvalue weighted by Gasteiger charge is -2.25. The summed E-state index contributed by atoms with van der Waals surface area (Å²) in [5.41, 5.74) is 0.991. The molecule has 1 aliphatic carbocycles. The minimum Gasteiger partial charge on any atom is -0.410 e. The molecule has 0 atom stereocenters. The maximum Gasteiger partial charge on any atom is 0.294 e. The Kier molecular flexibility index (Phi) is 3.40. The maximum atomic E-state index is 13.9. The number of benzene rings is 1. The van der Waals surface area contributed by atoms with Gasteiger partial charge in [-0.15, -0.1) is 0 Å². The molecule has 1 aromatic carbocycles. The number of hydrogen-bond donors (Lipinski definition) is 1. The average molecular weight is 319 g/mol. The predicted octanol–water partition coefficient (Wildman–Crippen LogP) is 3.56. The highest BCUT2D eigenvalue weighted by Crippen LogP contribution is 2.37. The van der Waals surface area contributed by atoms with Crippen LogP contribution in [0.3, 0.4) is 0 Å². The molecule has 0 saturated carbocycles. The second kappa shape index (κ2) is 5.16. The number of halogens is 3. The summed E-state index contributed by atoms with van der Waals surface area (Å²) in [6.45, 7) is 1.64. The summed E-state index contributed by atoms with van der Waals surface area (Å²) in [6, 6.07) is 5.74. The molecule has 7 heteroatoms. The van der Waals surface area contributed by atoms with E-state index in [2.05, 4.69) is 5.16 Å². The van der Waals surface area contributed by atoms with E-state index in [0.717, 1.165) is 6.07 Å². The summed E-state index contributed by atoms with van der Waals surface area (Å²) in [6.07, 6.45) is 1.22. The number of aryl methyl sites for hydroxylation is 1. The van der Waals surface area contributed by atoms with Crippen LogP contribution < -0.4 is 0 Å². The molecule has 2 aromatic rings. The van der Waals surface area contributed by atoms with Crippen LogP contribution in [-0.2, 0) is 6.42 Å². The van der Waals surface area contributed by atoms with Crippen molar-refractivity contribution in [2.45, 2.75) is 25.7 Å². The van der Waals surface area contributed by atoms with Crippen LogP contribution in [0.1, 0.15) is 28.8 Å². The first kappa shape index (κ1) is 15.2. The fourth-order valence-corrected chi connectivity index (χ4v) is 2.93. The smallest absolute Gasteiger partial charge is 0.294 e. The molecule has 0 amide bonds. The van der Waals surface area contributed by atoms with Gasteiger partial charge in [0.15, 0.2) is 5.71 Å². The van der Waals surface area contributed by atoms with E-state index in [1.165, 1.54) is 12.1 Å². The summed E-state index contributed by atoms with van der Waals surface area (Å²) in [4.78, 5) is 0. The van der Waals surface area contributed by atoms with Crippen LogP contribution in [0, 0.1) is 24.1 Å². The Morgan fingerprint density at radius 2 is 2.13 bits per heavy atom. The van der Waals surface area contributed by atoms with Crippen molar-refractivity contribution >= 4 is 5.71 Å². The molecule has 0 fully saturated rings. The Morgan fingerprint density at radius 1 is 1.39 bits per heavy atom. The molecule has 0 unspecified atom stereocenters. The first-order valence-corrected chi connectivity index (χ1v) is 6.90. The number of nitrogens with zero attached hydrogens (tertiary/aromatic N) is 3. The molecule has 1 heterocycles. The van der Waals surface area contributed by atoms with E-state index in [0.29, 0.717) is 16.9 Å². The highest BCUT2D eigenvalue weighted by Gasteiger charge is 2.44. The van der Waals surface area contributed by atoms with Crippen molar-refractivity contribution in [2.75, 3.05) is 0 Å². The number of fused-ring (bicyclic) bond motifs is 1. The number of hydrogen-bond acceptors (Lipinski definition) is 3. The molecule has 118 valence electrons. The number of oxime groups is 1. The van der Waals surface area contributed by atoms with Crippen LogP contribution in [-0.4, -0.2) is 21.4 Å². The maximum absolute atomic E-state index is 13.9. The molecule has 0 bridgehead atoms. The molecule has 0 saturated heterocycles. The highest BCUT2D eigenvalue weighted by atomic mass is 19.3. The minimum absolute atomic E-state index is 0.0778. The lowest BCUT2D eigenvalue weighted by Crippen LogP contribution is -2.35. The second-order valence-corrected chi connectivity index (χ2v) is 5.43. The Morgan fingerprint density at radius 3 is 2.78 bits per heavy atom.